The van der Waals surface area contributed by atoms with Gasteiger partial charge in [-0.05, 0) is 48.0 Å². The van der Waals surface area contributed by atoms with Crippen molar-refractivity contribution in [3.05, 3.63) is 131 Å². The molecule has 0 N–H and O–H groups in total. The third kappa shape index (κ3) is 3.27. The number of fused-ring (bicyclic) bond motifs is 1. The highest BCUT2D eigenvalue weighted by Gasteiger charge is 2.49. The lowest BCUT2D eigenvalue weighted by Crippen LogP contribution is -2.27. The van der Waals surface area contributed by atoms with Crippen LogP contribution in [0, 0.1) is 0 Å². The van der Waals surface area contributed by atoms with Gasteiger partial charge < -0.3 is 4.52 Å². The molecule has 0 aliphatic carbocycles. The second-order valence-electron chi connectivity index (χ2n) is 6.97. The van der Waals surface area contributed by atoms with Gasteiger partial charge in [-0.25, -0.2) is 0 Å². The fourth-order valence-corrected chi connectivity index (χ4v) is 7.16. The molecule has 0 atom stereocenters. The molecular formula is C26H19ClOP+. The Balaban J connectivity index is 1.84. The van der Waals surface area contributed by atoms with E-state index in [4.69, 9.17) is 16.1 Å². The van der Waals surface area contributed by atoms with Crippen molar-refractivity contribution in [1.29, 1.82) is 0 Å². The van der Waals surface area contributed by atoms with Crippen molar-refractivity contribution in [2.75, 3.05) is 0 Å². The fourth-order valence-electron chi connectivity index (χ4n) is 3.78. The van der Waals surface area contributed by atoms with E-state index in [0.29, 0.717) is 5.02 Å². The standard InChI is InChI=1S/C26H19ClOP/c27-21-16-17-26-24(18-21)25(20-10-4-1-5-11-20)19-29(28-26,22-12-6-2-7-13-22)23-14-8-3-9-15-23/h1-19H/q+1. The summed E-state index contributed by atoms with van der Waals surface area (Å²) < 4.78 is 6.87. The molecule has 5 rings (SSSR count). The van der Waals surface area contributed by atoms with Crippen LogP contribution in [0.2, 0.25) is 5.02 Å². The van der Waals surface area contributed by atoms with Gasteiger partial charge in [0, 0.05) is 16.2 Å². The molecule has 140 valence electrons. The molecule has 4 aromatic rings. The average molecular weight is 414 g/mol. The van der Waals surface area contributed by atoms with E-state index in [1.165, 1.54) is 10.6 Å². The highest BCUT2D eigenvalue weighted by molar-refractivity contribution is 7.88. The minimum absolute atomic E-state index is 0.708. The van der Waals surface area contributed by atoms with E-state index in [1.54, 1.807) is 0 Å². The Bertz CT molecular complexity index is 1130. The van der Waals surface area contributed by atoms with Crippen molar-refractivity contribution >= 4 is 35.3 Å². The normalized spacial score (nSPS) is 14.4. The lowest BCUT2D eigenvalue weighted by atomic mass is 9.99. The zero-order chi connectivity index (χ0) is 19.7. The van der Waals surface area contributed by atoms with E-state index in [2.05, 4.69) is 78.6 Å². The summed E-state index contributed by atoms with van der Waals surface area (Å²) in [5.74, 6) is 3.21. The minimum Gasteiger partial charge on any atom is -0.334 e. The third-order valence-electron chi connectivity index (χ3n) is 5.15. The Morgan fingerprint density at radius 1 is 0.621 bits per heavy atom. The van der Waals surface area contributed by atoms with Gasteiger partial charge in [-0.1, -0.05) is 78.3 Å². The lowest BCUT2D eigenvalue weighted by Gasteiger charge is -2.29. The quantitative estimate of drug-likeness (QED) is 0.339. The first kappa shape index (κ1) is 18.2. The summed E-state index contributed by atoms with van der Waals surface area (Å²) >= 11 is 6.36. The second kappa shape index (κ2) is 7.52. The molecule has 0 saturated heterocycles. The Hall–Kier alpha value is -2.86. The van der Waals surface area contributed by atoms with Crippen LogP contribution < -0.4 is 15.1 Å². The zero-order valence-corrected chi connectivity index (χ0v) is 17.4. The molecule has 0 spiro atoms. The van der Waals surface area contributed by atoms with Crippen LogP contribution in [0.3, 0.4) is 0 Å². The number of hydrogen-bond acceptors (Lipinski definition) is 1. The van der Waals surface area contributed by atoms with Crippen LogP contribution in [-0.4, -0.2) is 0 Å². The Morgan fingerprint density at radius 3 is 1.76 bits per heavy atom. The highest BCUT2D eigenvalue weighted by Crippen LogP contribution is 2.64. The minimum atomic E-state index is -2.27. The van der Waals surface area contributed by atoms with E-state index >= 15 is 0 Å². The largest absolute Gasteiger partial charge is 0.334 e. The van der Waals surface area contributed by atoms with Gasteiger partial charge in [0.15, 0.2) is 5.75 Å². The van der Waals surface area contributed by atoms with Crippen molar-refractivity contribution in [3.63, 3.8) is 0 Å². The van der Waals surface area contributed by atoms with E-state index in [0.717, 1.165) is 22.4 Å². The number of rotatable bonds is 3. The average Bonchev–Trinajstić information content (AvgIpc) is 2.80. The van der Waals surface area contributed by atoms with Crippen LogP contribution in [0.15, 0.2) is 115 Å². The SMILES string of the molecule is Clc1ccc2c(c1)C(c1ccccc1)=C[P+](c1ccccc1)(c1ccccc1)O2. The topological polar surface area (TPSA) is 9.23 Å². The maximum absolute atomic E-state index is 6.87. The molecule has 0 fully saturated rings. The van der Waals surface area contributed by atoms with Gasteiger partial charge in [0.05, 0.1) is 0 Å². The molecule has 1 heterocycles. The van der Waals surface area contributed by atoms with E-state index in [-0.39, 0.29) is 0 Å². The van der Waals surface area contributed by atoms with Gasteiger partial charge >= 0.3 is 0 Å². The van der Waals surface area contributed by atoms with E-state index < -0.39 is 7.49 Å². The Kier molecular flexibility index (Phi) is 4.72. The predicted octanol–water partition coefficient (Wildman–Crippen LogP) is 6.71. The van der Waals surface area contributed by atoms with Gasteiger partial charge in [-0.3, -0.25) is 0 Å². The molecule has 3 heteroatoms. The van der Waals surface area contributed by atoms with Gasteiger partial charge in [0.1, 0.15) is 16.4 Å². The molecule has 0 saturated carbocycles. The van der Waals surface area contributed by atoms with Crippen molar-refractivity contribution in [2.24, 2.45) is 0 Å². The molecule has 1 aliphatic heterocycles. The summed E-state index contributed by atoms with van der Waals surface area (Å²) in [6, 6.07) is 37.5. The molecule has 1 nitrogen and oxygen atoms in total. The summed E-state index contributed by atoms with van der Waals surface area (Å²) in [7, 11) is -2.27. The van der Waals surface area contributed by atoms with Gasteiger partial charge in [0.25, 0.3) is 7.49 Å². The smallest absolute Gasteiger partial charge is 0.280 e. The summed E-state index contributed by atoms with van der Waals surface area (Å²) in [6.45, 7) is 0. The van der Waals surface area contributed by atoms with Crippen LogP contribution >= 0.6 is 19.1 Å². The van der Waals surface area contributed by atoms with Crippen LogP contribution in [0.25, 0.3) is 5.57 Å². The molecule has 0 amide bonds. The summed E-state index contributed by atoms with van der Waals surface area (Å²) in [5.41, 5.74) is 3.36. The lowest BCUT2D eigenvalue weighted by molar-refractivity contribution is 0.614. The van der Waals surface area contributed by atoms with Gasteiger partial charge in [-0.15, -0.1) is 0 Å². The van der Waals surface area contributed by atoms with Gasteiger partial charge in [-0.2, -0.15) is 0 Å². The maximum atomic E-state index is 6.87. The zero-order valence-electron chi connectivity index (χ0n) is 15.7. The van der Waals surface area contributed by atoms with Gasteiger partial charge in [0.2, 0.25) is 0 Å². The van der Waals surface area contributed by atoms with E-state index in [1.807, 2.05) is 36.4 Å². The first-order valence-electron chi connectivity index (χ1n) is 9.54. The molecule has 4 aromatic carbocycles. The van der Waals surface area contributed by atoms with Crippen molar-refractivity contribution in [2.45, 2.75) is 0 Å². The maximum Gasteiger partial charge on any atom is 0.280 e. The number of halogens is 1. The van der Waals surface area contributed by atoms with Crippen molar-refractivity contribution in [3.8, 4) is 5.75 Å². The summed E-state index contributed by atoms with van der Waals surface area (Å²) in [6.07, 6.45) is 0. The first-order valence-corrected chi connectivity index (χ1v) is 11.7. The van der Waals surface area contributed by atoms with Crippen LogP contribution in [-0.2, 0) is 0 Å². The molecule has 0 bridgehead atoms. The third-order valence-corrected chi connectivity index (χ3v) is 8.62. The Morgan fingerprint density at radius 2 is 1.17 bits per heavy atom. The molecule has 29 heavy (non-hydrogen) atoms. The second-order valence-corrected chi connectivity index (χ2v) is 10.2. The first-order chi connectivity index (χ1) is 14.3. The predicted molar refractivity (Wildman–Crippen MR) is 125 cm³/mol. The molecular weight excluding hydrogens is 395 g/mol. The van der Waals surface area contributed by atoms with Crippen molar-refractivity contribution in [1.82, 2.24) is 0 Å². The molecule has 0 unspecified atom stereocenters. The number of benzene rings is 4. The van der Waals surface area contributed by atoms with Crippen LogP contribution in [0.5, 0.6) is 5.75 Å². The monoisotopic (exact) mass is 413 g/mol. The molecule has 0 radical (unpaired) electrons. The Labute approximate surface area is 176 Å². The van der Waals surface area contributed by atoms with Crippen LogP contribution in [0.1, 0.15) is 11.1 Å². The van der Waals surface area contributed by atoms with Crippen molar-refractivity contribution < 1.29 is 4.52 Å². The fraction of sp³-hybridized carbons (Fsp3) is 0. The number of hydrogen-bond donors (Lipinski definition) is 0. The molecule has 0 aromatic heterocycles. The van der Waals surface area contributed by atoms with E-state index in [9.17, 15) is 0 Å². The summed E-state index contributed by atoms with van der Waals surface area (Å²) in [4.78, 5) is 0. The summed E-state index contributed by atoms with van der Waals surface area (Å²) in [5, 5.41) is 3.10. The van der Waals surface area contributed by atoms with Crippen LogP contribution in [0.4, 0.5) is 0 Å². The highest BCUT2D eigenvalue weighted by atomic mass is 35.5. The molecule has 1 aliphatic rings.